The summed E-state index contributed by atoms with van der Waals surface area (Å²) >= 11 is 0. The number of amides is 1. The van der Waals surface area contributed by atoms with Crippen LogP contribution in [0.15, 0.2) is 46.9 Å². The van der Waals surface area contributed by atoms with Gasteiger partial charge in [0.2, 0.25) is 0 Å². The van der Waals surface area contributed by atoms with Crippen LogP contribution in [0, 0.1) is 6.92 Å². The van der Waals surface area contributed by atoms with E-state index in [1.54, 1.807) is 6.07 Å². The van der Waals surface area contributed by atoms with Gasteiger partial charge in [-0.1, -0.05) is 31.2 Å². The van der Waals surface area contributed by atoms with E-state index in [1.165, 1.54) is 0 Å². The van der Waals surface area contributed by atoms with Crippen LogP contribution in [0.3, 0.4) is 0 Å². The second kappa shape index (κ2) is 7.15. The number of carbonyl (C=O) groups excluding carboxylic acids is 2. The first-order valence-electron chi connectivity index (χ1n) is 9.51. The first-order chi connectivity index (χ1) is 13.4. The number of Topliss-reactive ketones (excluding diaryl/α,β-unsaturated/α-hetero) is 1. The molecule has 3 aromatic rings. The number of aryl methyl sites for hydroxylation is 1. The monoisotopic (exact) mass is 377 g/mol. The average molecular weight is 377 g/mol. The lowest BCUT2D eigenvalue weighted by atomic mass is 9.97. The molecule has 0 radical (unpaired) electrons. The van der Waals surface area contributed by atoms with E-state index in [4.69, 9.17) is 9.15 Å². The molecule has 1 aliphatic carbocycles. The van der Waals surface area contributed by atoms with E-state index in [0.29, 0.717) is 23.5 Å². The Kier molecular flexibility index (Phi) is 4.67. The van der Waals surface area contributed by atoms with Gasteiger partial charge in [0.15, 0.2) is 12.4 Å². The molecule has 4 rings (SSSR count). The Bertz CT molecular complexity index is 1030. The maximum atomic E-state index is 12.4. The minimum atomic E-state index is -0.283. The van der Waals surface area contributed by atoms with Gasteiger partial charge in [-0.2, -0.15) is 0 Å². The van der Waals surface area contributed by atoms with Crippen LogP contribution >= 0.6 is 0 Å². The Morgan fingerprint density at radius 2 is 2.07 bits per heavy atom. The van der Waals surface area contributed by atoms with Crippen molar-refractivity contribution in [3.05, 3.63) is 64.9 Å². The molecule has 0 saturated carbocycles. The molecular weight excluding hydrogens is 354 g/mol. The fourth-order valence-corrected chi connectivity index (χ4v) is 3.94. The summed E-state index contributed by atoms with van der Waals surface area (Å²) in [7, 11) is 0. The summed E-state index contributed by atoms with van der Waals surface area (Å²) in [5.41, 5.74) is 3.55. The molecule has 1 aromatic heterocycles. The van der Waals surface area contributed by atoms with E-state index in [2.05, 4.69) is 5.32 Å². The Morgan fingerprint density at radius 1 is 1.29 bits per heavy atom. The Morgan fingerprint density at radius 3 is 2.86 bits per heavy atom. The van der Waals surface area contributed by atoms with Crippen molar-refractivity contribution < 1.29 is 18.7 Å². The molecule has 1 N–H and O–H groups in total. The van der Waals surface area contributed by atoms with Gasteiger partial charge >= 0.3 is 0 Å². The van der Waals surface area contributed by atoms with E-state index in [9.17, 15) is 9.59 Å². The molecule has 144 valence electrons. The number of para-hydroxylation sites is 1. The molecule has 2 unspecified atom stereocenters. The lowest BCUT2D eigenvalue weighted by molar-refractivity contribution is -0.123. The van der Waals surface area contributed by atoms with Gasteiger partial charge in [0.05, 0.1) is 11.6 Å². The summed E-state index contributed by atoms with van der Waals surface area (Å²) in [6.07, 6.45) is 0.492. The molecule has 0 bridgehead atoms. The number of rotatable bonds is 5. The largest absolute Gasteiger partial charge is 0.483 e. The number of ether oxygens (including phenoxy) is 1. The van der Waals surface area contributed by atoms with Gasteiger partial charge in [0, 0.05) is 11.8 Å². The minimum Gasteiger partial charge on any atom is -0.483 e. The zero-order chi connectivity index (χ0) is 19.8. The molecular formula is C23H23NO4. The summed E-state index contributed by atoms with van der Waals surface area (Å²) in [6.45, 7) is 5.76. The zero-order valence-corrected chi connectivity index (χ0v) is 16.2. The molecule has 5 nitrogen and oxygen atoms in total. The predicted molar refractivity (Wildman–Crippen MR) is 107 cm³/mol. The predicted octanol–water partition coefficient (Wildman–Crippen LogP) is 4.69. The van der Waals surface area contributed by atoms with E-state index in [-0.39, 0.29) is 30.3 Å². The van der Waals surface area contributed by atoms with Crippen LogP contribution in [-0.4, -0.2) is 18.3 Å². The number of hydrogen-bond acceptors (Lipinski definition) is 4. The fraction of sp³-hybridized carbons (Fsp3) is 0.304. The van der Waals surface area contributed by atoms with Gasteiger partial charge in [-0.25, -0.2) is 0 Å². The Balaban J connectivity index is 1.43. The molecule has 1 heterocycles. The molecule has 2 aromatic carbocycles. The Hall–Kier alpha value is -3.08. The van der Waals surface area contributed by atoms with Gasteiger partial charge in [0.25, 0.3) is 5.91 Å². The van der Waals surface area contributed by atoms with Crippen LogP contribution in [0.5, 0.6) is 5.75 Å². The van der Waals surface area contributed by atoms with Crippen LogP contribution in [0.2, 0.25) is 0 Å². The minimum absolute atomic E-state index is 0.0808. The third kappa shape index (κ3) is 3.28. The van der Waals surface area contributed by atoms with Crippen molar-refractivity contribution in [2.45, 2.75) is 39.2 Å². The van der Waals surface area contributed by atoms with E-state index < -0.39 is 0 Å². The van der Waals surface area contributed by atoms with Gasteiger partial charge in [0.1, 0.15) is 17.1 Å². The highest BCUT2D eigenvalue weighted by Crippen LogP contribution is 2.40. The summed E-state index contributed by atoms with van der Waals surface area (Å²) in [4.78, 5) is 24.7. The number of benzene rings is 2. The van der Waals surface area contributed by atoms with Crippen molar-refractivity contribution in [3.8, 4) is 5.75 Å². The topological polar surface area (TPSA) is 68.5 Å². The summed E-state index contributed by atoms with van der Waals surface area (Å²) in [6, 6.07) is 13.1. The van der Waals surface area contributed by atoms with Crippen molar-refractivity contribution in [2.75, 3.05) is 6.61 Å². The maximum Gasteiger partial charge on any atom is 0.258 e. The number of fused-ring (bicyclic) bond motifs is 2. The van der Waals surface area contributed by atoms with Crippen molar-refractivity contribution in [2.24, 2.45) is 0 Å². The Labute approximate surface area is 163 Å². The zero-order valence-electron chi connectivity index (χ0n) is 16.2. The van der Waals surface area contributed by atoms with E-state index in [1.807, 2.05) is 57.2 Å². The first kappa shape index (κ1) is 18.3. The molecule has 0 fully saturated rings. The number of carbonyl (C=O) groups is 2. The van der Waals surface area contributed by atoms with Crippen LogP contribution in [0.1, 0.15) is 59.5 Å². The molecule has 28 heavy (non-hydrogen) atoms. The number of furan rings is 1. The molecule has 0 spiro atoms. The van der Waals surface area contributed by atoms with Crippen molar-refractivity contribution >= 4 is 22.7 Å². The van der Waals surface area contributed by atoms with E-state index >= 15 is 0 Å². The van der Waals surface area contributed by atoms with Crippen molar-refractivity contribution in [1.29, 1.82) is 0 Å². The fourth-order valence-electron chi connectivity index (χ4n) is 3.94. The van der Waals surface area contributed by atoms with Gasteiger partial charge in [-0.3, -0.25) is 9.59 Å². The highest BCUT2D eigenvalue weighted by Gasteiger charge is 2.31. The SMILES string of the molecule is Cc1ccc(OCC(=O)NC(C)c2cc3ccccc3o2)c2c1C(C)CC2=O. The van der Waals surface area contributed by atoms with Crippen LogP contribution < -0.4 is 10.1 Å². The third-order valence-electron chi connectivity index (χ3n) is 5.30. The highest BCUT2D eigenvalue weighted by atomic mass is 16.5. The number of ketones is 1. The van der Waals surface area contributed by atoms with Crippen LogP contribution in [0.25, 0.3) is 11.0 Å². The first-order valence-corrected chi connectivity index (χ1v) is 9.51. The lowest BCUT2D eigenvalue weighted by Crippen LogP contribution is -2.31. The molecule has 0 saturated heterocycles. The molecule has 5 heteroatoms. The number of hydrogen-bond donors (Lipinski definition) is 1. The normalized spacial score (nSPS) is 16.8. The number of nitrogens with one attached hydrogen (secondary N) is 1. The smallest absolute Gasteiger partial charge is 0.258 e. The van der Waals surface area contributed by atoms with Gasteiger partial charge < -0.3 is 14.5 Å². The van der Waals surface area contributed by atoms with Gasteiger partial charge in [-0.15, -0.1) is 0 Å². The van der Waals surface area contributed by atoms with Crippen molar-refractivity contribution in [3.63, 3.8) is 0 Å². The highest BCUT2D eigenvalue weighted by molar-refractivity contribution is 6.04. The third-order valence-corrected chi connectivity index (χ3v) is 5.30. The quantitative estimate of drug-likeness (QED) is 0.700. The van der Waals surface area contributed by atoms with Gasteiger partial charge in [-0.05, 0) is 49.1 Å². The molecule has 2 atom stereocenters. The molecule has 1 aliphatic rings. The standard InChI is InChI=1S/C23H23NO4/c1-13-8-9-19(23-17(25)10-14(2)22(13)23)27-12-21(26)24-15(3)20-11-16-6-4-5-7-18(16)28-20/h4-9,11,14-15H,10,12H2,1-3H3,(H,24,26). The second-order valence-electron chi connectivity index (χ2n) is 7.46. The maximum absolute atomic E-state index is 12.4. The van der Waals surface area contributed by atoms with Crippen LogP contribution in [0.4, 0.5) is 0 Å². The van der Waals surface area contributed by atoms with Crippen molar-refractivity contribution in [1.82, 2.24) is 5.32 Å². The molecule has 1 amide bonds. The average Bonchev–Trinajstić information content (AvgIpc) is 3.23. The van der Waals surface area contributed by atoms with E-state index in [0.717, 1.165) is 22.1 Å². The van der Waals surface area contributed by atoms with Crippen LogP contribution in [-0.2, 0) is 4.79 Å². The molecule has 0 aliphatic heterocycles. The second-order valence-corrected chi connectivity index (χ2v) is 7.46. The lowest BCUT2D eigenvalue weighted by Gasteiger charge is -2.15. The summed E-state index contributed by atoms with van der Waals surface area (Å²) in [5.74, 6) is 1.18. The summed E-state index contributed by atoms with van der Waals surface area (Å²) in [5, 5.41) is 3.88. The summed E-state index contributed by atoms with van der Waals surface area (Å²) < 4.78 is 11.5.